The van der Waals surface area contributed by atoms with Crippen LogP contribution in [-0.2, 0) is 6.61 Å². The number of hydrogen-bond donors (Lipinski definition) is 1. The van der Waals surface area contributed by atoms with Crippen LogP contribution in [0.2, 0.25) is 5.02 Å². The third kappa shape index (κ3) is 4.13. The summed E-state index contributed by atoms with van der Waals surface area (Å²) >= 11 is 5.93. The van der Waals surface area contributed by atoms with Gasteiger partial charge in [0.15, 0.2) is 11.5 Å². The van der Waals surface area contributed by atoms with Gasteiger partial charge >= 0.3 is 0 Å². The molecule has 2 rings (SSSR count). The Labute approximate surface area is 128 Å². The van der Waals surface area contributed by atoms with Crippen LogP contribution in [0.5, 0.6) is 11.5 Å². The van der Waals surface area contributed by atoms with Gasteiger partial charge in [0, 0.05) is 10.6 Å². The second kappa shape index (κ2) is 6.99. The van der Waals surface area contributed by atoms with Crippen LogP contribution in [0.25, 0.3) is 0 Å². The first-order chi connectivity index (χ1) is 10.1. The number of primary amides is 1. The maximum absolute atomic E-state index is 11.2. The standard InChI is InChI=1S/C16H16ClNO3/c1-2-20-15-9-12(16(18)19)6-7-14(15)21-10-11-4-3-5-13(17)8-11/h3-9H,2,10H2,1H3,(H2,18,19). The minimum Gasteiger partial charge on any atom is -0.490 e. The van der Waals surface area contributed by atoms with Crippen molar-refractivity contribution in [2.45, 2.75) is 13.5 Å². The average Bonchev–Trinajstić information content (AvgIpc) is 2.46. The monoisotopic (exact) mass is 305 g/mol. The lowest BCUT2D eigenvalue weighted by molar-refractivity contribution is 0.0999. The normalized spacial score (nSPS) is 10.2. The van der Waals surface area contributed by atoms with Gasteiger partial charge < -0.3 is 15.2 Å². The molecular formula is C16H16ClNO3. The SMILES string of the molecule is CCOc1cc(C(N)=O)ccc1OCc1cccc(Cl)c1. The van der Waals surface area contributed by atoms with Gasteiger partial charge in [-0.1, -0.05) is 23.7 Å². The van der Waals surface area contributed by atoms with E-state index in [1.807, 2.05) is 25.1 Å². The Kier molecular flexibility index (Phi) is 5.06. The van der Waals surface area contributed by atoms with E-state index in [4.69, 9.17) is 26.8 Å². The molecule has 0 aliphatic rings. The second-order valence-corrected chi connectivity index (χ2v) is 4.81. The van der Waals surface area contributed by atoms with Crippen LogP contribution in [0.4, 0.5) is 0 Å². The van der Waals surface area contributed by atoms with Crippen molar-refractivity contribution in [3.05, 3.63) is 58.6 Å². The number of carbonyl (C=O) groups is 1. The van der Waals surface area contributed by atoms with E-state index in [1.54, 1.807) is 24.3 Å². The van der Waals surface area contributed by atoms with Crippen molar-refractivity contribution < 1.29 is 14.3 Å². The lowest BCUT2D eigenvalue weighted by atomic mass is 10.2. The molecule has 21 heavy (non-hydrogen) atoms. The highest BCUT2D eigenvalue weighted by Crippen LogP contribution is 2.29. The van der Waals surface area contributed by atoms with Crippen LogP contribution in [0.15, 0.2) is 42.5 Å². The first-order valence-corrected chi connectivity index (χ1v) is 6.92. The van der Waals surface area contributed by atoms with Crippen molar-refractivity contribution in [1.29, 1.82) is 0 Å². The van der Waals surface area contributed by atoms with Crippen LogP contribution in [0, 0.1) is 0 Å². The third-order valence-electron chi connectivity index (χ3n) is 2.81. The summed E-state index contributed by atoms with van der Waals surface area (Å²) < 4.78 is 11.2. The molecule has 4 nitrogen and oxygen atoms in total. The van der Waals surface area contributed by atoms with Gasteiger partial charge in [0.25, 0.3) is 0 Å². The van der Waals surface area contributed by atoms with Crippen LogP contribution >= 0.6 is 11.6 Å². The summed E-state index contributed by atoms with van der Waals surface area (Å²) in [5, 5.41) is 0.658. The summed E-state index contributed by atoms with van der Waals surface area (Å²) in [6.45, 7) is 2.68. The predicted octanol–water partition coefficient (Wildman–Crippen LogP) is 3.42. The largest absolute Gasteiger partial charge is 0.490 e. The predicted molar refractivity (Wildman–Crippen MR) is 81.9 cm³/mol. The Morgan fingerprint density at radius 3 is 2.62 bits per heavy atom. The Balaban J connectivity index is 2.16. The fourth-order valence-electron chi connectivity index (χ4n) is 1.84. The fourth-order valence-corrected chi connectivity index (χ4v) is 2.05. The van der Waals surface area contributed by atoms with E-state index in [-0.39, 0.29) is 0 Å². The van der Waals surface area contributed by atoms with Gasteiger partial charge in [0.2, 0.25) is 5.91 Å². The quantitative estimate of drug-likeness (QED) is 0.889. The lowest BCUT2D eigenvalue weighted by Gasteiger charge is -2.13. The molecule has 1 amide bonds. The molecule has 0 fully saturated rings. The molecule has 2 aromatic carbocycles. The molecule has 0 heterocycles. The van der Waals surface area contributed by atoms with Crippen LogP contribution in [0.1, 0.15) is 22.8 Å². The fraction of sp³-hybridized carbons (Fsp3) is 0.188. The number of hydrogen-bond acceptors (Lipinski definition) is 3. The van der Waals surface area contributed by atoms with Crippen molar-refractivity contribution in [1.82, 2.24) is 0 Å². The molecular weight excluding hydrogens is 290 g/mol. The number of amides is 1. The molecule has 0 aromatic heterocycles. The first-order valence-electron chi connectivity index (χ1n) is 6.54. The van der Waals surface area contributed by atoms with E-state index in [9.17, 15) is 4.79 Å². The molecule has 0 bridgehead atoms. The number of halogens is 1. The van der Waals surface area contributed by atoms with Gasteiger partial charge in [-0.25, -0.2) is 0 Å². The Morgan fingerprint density at radius 1 is 1.14 bits per heavy atom. The molecule has 2 N–H and O–H groups in total. The summed E-state index contributed by atoms with van der Waals surface area (Å²) in [7, 11) is 0. The summed E-state index contributed by atoms with van der Waals surface area (Å²) in [6, 6.07) is 12.3. The number of ether oxygens (including phenoxy) is 2. The Bertz CT molecular complexity index is 643. The molecule has 0 aliphatic carbocycles. The van der Waals surface area contributed by atoms with Crippen molar-refractivity contribution >= 4 is 17.5 Å². The van der Waals surface area contributed by atoms with Gasteiger partial charge in [-0.2, -0.15) is 0 Å². The minimum absolute atomic E-state index is 0.358. The third-order valence-corrected chi connectivity index (χ3v) is 3.05. The van der Waals surface area contributed by atoms with E-state index in [0.29, 0.717) is 35.3 Å². The molecule has 5 heteroatoms. The number of nitrogens with two attached hydrogens (primary N) is 1. The van der Waals surface area contributed by atoms with Crippen molar-refractivity contribution in [3.8, 4) is 11.5 Å². The van der Waals surface area contributed by atoms with Crippen molar-refractivity contribution in [2.75, 3.05) is 6.61 Å². The summed E-state index contributed by atoms with van der Waals surface area (Å²) in [5.41, 5.74) is 6.59. The molecule has 2 aromatic rings. The zero-order valence-electron chi connectivity index (χ0n) is 11.6. The maximum atomic E-state index is 11.2. The second-order valence-electron chi connectivity index (χ2n) is 4.38. The number of benzene rings is 2. The van der Waals surface area contributed by atoms with Crippen molar-refractivity contribution in [2.24, 2.45) is 5.73 Å². The maximum Gasteiger partial charge on any atom is 0.248 e. The highest BCUT2D eigenvalue weighted by molar-refractivity contribution is 6.30. The molecule has 0 unspecified atom stereocenters. The Hall–Kier alpha value is -2.20. The van der Waals surface area contributed by atoms with E-state index >= 15 is 0 Å². The number of rotatable bonds is 6. The molecule has 0 aliphatic heterocycles. The zero-order chi connectivity index (χ0) is 15.2. The van der Waals surface area contributed by atoms with Crippen LogP contribution < -0.4 is 15.2 Å². The highest BCUT2D eigenvalue weighted by atomic mass is 35.5. The van der Waals surface area contributed by atoms with Crippen LogP contribution in [-0.4, -0.2) is 12.5 Å². The molecule has 0 radical (unpaired) electrons. The van der Waals surface area contributed by atoms with Gasteiger partial charge in [-0.3, -0.25) is 4.79 Å². The smallest absolute Gasteiger partial charge is 0.248 e. The van der Waals surface area contributed by atoms with Crippen LogP contribution in [0.3, 0.4) is 0 Å². The van der Waals surface area contributed by atoms with Gasteiger partial charge in [0.1, 0.15) is 6.61 Å². The van der Waals surface area contributed by atoms with Gasteiger partial charge in [-0.15, -0.1) is 0 Å². The number of carbonyl (C=O) groups excluding carboxylic acids is 1. The molecule has 0 atom stereocenters. The molecule has 110 valence electrons. The first kappa shape index (κ1) is 15.2. The van der Waals surface area contributed by atoms with Crippen molar-refractivity contribution in [3.63, 3.8) is 0 Å². The summed E-state index contributed by atoms with van der Waals surface area (Å²) in [5.74, 6) is 0.551. The van der Waals surface area contributed by atoms with E-state index < -0.39 is 5.91 Å². The summed E-state index contributed by atoms with van der Waals surface area (Å²) in [4.78, 5) is 11.2. The van der Waals surface area contributed by atoms with E-state index in [1.165, 1.54) is 0 Å². The molecule has 0 saturated carbocycles. The Morgan fingerprint density at radius 2 is 1.95 bits per heavy atom. The zero-order valence-corrected chi connectivity index (χ0v) is 12.4. The van der Waals surface area contributed by atoms with Gasteiger partial charge in [-0.05, 0) is 42.8 Å². The highest BCUT2D eigenvalue weighted by Gasteiger charge is 2.09. The lowest BCUT2D eigenvalue weighted by Crippen LogP contribution is -2.11. The topological polar surface area (TPSA) is 61.5 Å². The van der Waals surface area contributed by atoms with E-state index in [0.717, 1.165) is 5.56 Å². The summed E-state index contributed by atoms with van der Waals surface area (Å²) in [6.07, 6.45) is 0. The minimum atomic E-state index is -0.502. The van der Waals surface area contributed by atoms with E-state index in [2.05, 4.69) is 0 Å². The van der Waals surface area contributed by atoms with Gasteiger partial charge in [0.05, 0.1) is 6.61 Å². The molecule has 0 saturated heterocycles. The average molecular weight is 306 g/mol. The molecule has 0 spiro atoms.